The van der Waals surface area contributed by atoms with Gasteiger partial charge in [-0.15, -0.1) is 0 Å². The molecule has 0 radical (unpaired) electrons. The van der Waals surface area contributed by atoms with E-state index in [1.807, 2.05) is 34.6 Å². The first-order chi connectivity index (χ1) is 12.9. The van der Waals surface area contributed by atoms with E-state index in [1.165, 1.54) is 0 Å². The molecule has 0 aliphatic heterocycles. The standard InChI is InChI=1S/C19H20N4O4/c1-7-13-21-14(10(4)24-13)18-23-16(12(6)26-18)19-22-15(11(5)27-19)17-20-8(2)9(3)25-17/h7H2,1-6H3. The SMILES string of the molecule is CCc1nc(-c2nc(-c3nc(-c4nc(C)c(C)o4)c(C)o3)c(C)o2)c(C)o1. The molecule has 8 nitrogen and oxygen atoms in total. The van der Waals surface area contributed by atoms with Crippen molar-refractivity contribution in [1.82, 2.24) is 19.9 Å². The van der Waals surface area contributed by atoms with E-state index in [9.17, 15) is 0 Å². The van der Waals surface area contributed by atoms with Gasteiger partial charge in [-0.2, -0.15) is 0 Å². The summed E-state index contributed by atoms with van der Waals surface area (Å²) in [6.45, 7) is 11.2. The summed E-state index contributed by atoms with van der Waals surface area (Å²) in [4.78, 5) is 17.9. The summed E-state index contributed by atoms with van der Waals surface area (Å²) in [5.74, 6) is 4.39. The summed E-state index contributed by atoms with van der Waals surface area (Å²) in [5, 5.41) is 0. The summed E-state index contributed by atoms with van der Waals surface area (Å²) in [7, 11) is 0. The topological polar surface area (TPSA) is 104 Å². The zero-order chi connectivity index (χ0) is 19.3. The Morgan fingerprint density at radius 3 is 1.44 bits per heavy atom. The van der Waals surface area contributed by atoms with Crippen molar-refractivity contribution in [2.24, 2.45) is 0 Å². The van der Waals surface area contributed by atoms with Crippen LogP contribution in [-0.2, 0) is 6.42 Å². The second-order valence-electron chi connectivity index (χ2n) is 6.37. The molecule has 0 fully saturated rings. The van der Waals surface area contributed by atoms with Crippen LogP contribution in [-0.4, -0.2) is 19.9 Å². The Morgan fingerprint density at radius 1 is 0.556 bits per heavy atom. The van der Waals surface area contributed by atoms with Crippen LogP contribution in [0.4, 0.5) is 0 Å². The Kier molecular flexibility index (Phi) is 3.98. The molecule has 0 atom stereocenters. The van der Waals surface area contributed by atoms with Crippen LogP contribution in [0.2, 0.25) is 0 Å². The maximum absolute atomic E-state index is 5.81. The van der Waals surface area contributed by atoms with Crippen molar-refractivity contribution < 1.29 is 17.7 Å². The number of aryl methyl sites for hydroxylation is 6. The molecule has 0 aromatic carbocycles. The first-order valence-corrected chi connectivity index (χ1v) is 8.73. The quantitative estimate of drug-likeness (QED) is 0.508. The highest BCUT2D eigenvalue weighted by atomic mass is 16.4. The highest BCUT2D eigenvalue weighted by Crippen LogP contribution is 2.33. The minimum Gasteiger partial charge on any atom is -0.445 e. The summed E-state index contributed by atoms with van der Waals surface area (Å²) in [6, 6.07) is 0. The van der Waals surface area contributed by atoms with Crippen molar-refractivity contribution >= 4 is 0 Å². The fourth-order valence-electron chi connectivity index (χ4n) is 2.77. The molecule has 0 aliphatic carbocycles. The van der Waals surface area contributed by atoms with Gasteiger partial charge in [-0.3, -0.25) is 0 Å². The minimum absolute atomic E-state index is 0.348. The predicted molar refractivity (Wildman–Crippen MR) is 96.1 cm³/mol. The highest BCUT2D eigenvalue weighted by molar-refractivity contribution is 5.62. The third-order valence-electron chi connectivity index (χ3n) is 4.37. The Labute approximate surface area is 155 Å². The molecule has 0 bridgehead atoms. The number of oxazole rings is 4. The third kappa shape index (κ3) is 2.87. The number of aromatic nitrogens is 4. The first-order valence-electron chi connectivity index (χ1n) is 8.73. The molecule has 0 aliphatic rings. The molecule has 0 saturated heterocycles. The normalized spacial score (nSPS) is 11.5. The molecular weight excluding hydrogens is 348 g/mol. The Balaban J connectivity index is 1.75. The number of hydrogen-bond acceptors (Lipinski definition) is 8. The van der Waals surface area contributed by atoms with Gasteiger partial charge in [0, 0.05) is 6.42 Å². The number of hydrogen-bond donors (Lipinski definition) is 0. The maximum Gasteiger partial charge on any atom is 0.249 e. The molecule has 0 saturated carbocycles. The molecule has 8 heteroatoms. The van der Waals surface area contributed by atoms with Crippen LogP contribution in [0.15, 0.2) is 17.7 Å². The van der Waals surface area contributed by atoms with Crippen LogP contribution in [0.5, 0.6) is 0 Å². The van der Waals surface area contributed by atoms with Crippen LogP contribution in [0, 0.1) is 34.6 Å². The van der Waals surface area contributed by atoms with Gasteiger partial charge in [0.2, 0.25) is 17.7 Å². The van der Waals surface area contributed by atoms with Crippen LogP contribution in [0.1, 0.15) is 41.5 Å². The van der Waals surface area contributed by atoms with E-state index in [0.29, 0.717) is 64.3 Å². The molecule has 4 heterocycles. The van der Waals surface area contributed by atoms with Gasteiger partial charge < -0.3 is 17.7 Å². The van der Waals surface area contributed by atoms with Gasteiger partial charge in [-0.1, -0.05) is 6.92 Å². The van der Waals surface area contributed by atoms with Crippen LogP contribution in [0.25, 0.3) is 34.8 Å². The van der Waals surface area contributed by atoms with Crippen molar-refractivity contribution in [1.29, 1.82) is 0 Å². The van der Waals surface area contributed by atoms with E-state index in [0.717, 1.165) is 11.5 Å². The van der Waals surface area contributed by atoms with Crippen molar-refractivity contribution in [2.45, 2.75) is 48.0 Å². The van der Waals surface area contributed by atoms with Crippen molar-refractivity contribution in [3.8, 4) is 34.8 Å². The van der Waals surface area contributed by atoms with E-state index in [1.54, 1.807) is 6.92 Å². The monoisotopic (exact) mass is 368 g/mol. The largest absolute Gasteiger partial charge is 0.445 e. The average Bonchev–Trinajstić information content (AvgIpc) is 3.35. The number of nitrogens with zero attached hydrogens (tertiary/aromatic N) is 4. The van der Waals surface area contributed by atoms with Gasteiger partial charge in [-0.25, -0.2) is 19.9 Å². The van der Waals surface area contributed by atoms with Crippen molar-refractivity contribution in [3.63, 3.8) is 0 Å². The fraction of sp³-hybridized carbons (Fsp3) is 0.368. The average molecular weight is 368 g/mol. The van der Waals surface area contributed by atoms with E-state index >= 15 is 0 Å². The summed E-state index contributed by atoms with van der Waals surface area (Å²) < 4.78 is 22.9. The van der Waals surface area contributed by atoms with E-state index in [-0.39, 0.29) is 0 Å². The van der Waals surface area contributed by atoms with Gasteiger partial charge in [0.05, 0.1) is 5.69 Å². The van der Waals surface area contributed by atoms with E-state index in [4.69, 9.17) is 17.7 Å². The second kappa shape index (κ2) is 6.22. The summed E-state index contributed by atoms with van der Waals surface area (Å²) >= 11 is 0. The van der Waals surface area contributed by atoms with E-state index in [2.05, 4.69) is 19.9 Å². The zero-order valence-electron chi connectivity index (χ0n) is 16.1. The van der Waals surface area contributed by atoms with Gasteiger partial charge in [0.25, 0.3) is 0 Å². The molecule has 0 amide bonds. The lowest BCUT2D eigenvalue weighted by molar-refractivity contribution is 0.476. The van der Waals surface area contributed by atoms with Gasteiger partial charge in [0.1, 0.15) is 23.0 Å². The lowest BCUT2D eigenvalue weighted by atomic mass is 10.3. The van der Waals surface area contributed by atoms with E-state index < -0.39 is 0 Å². The smallest absolute Gasteiger partial charge is 0.249 e. The first kappa shape index (κ1) is 17.3. The molecule has 0 N–H and O–H groups in total. The Hall–Kier alpha value is -3.16. The molecular formula is C19H20N4O4. The molecule has 140 valence electrons. The molecule has 0 unspecified atom stereocenters. The minimum atomic E-state index is 0.348. The zero-order valence-corrected chi connectivity index (χ0v) is 16.1. The maximum atomic E-state index is 5.81. The van der Waals surface area contributed by atoms with Crippen LogP contribution < -0.4 is 0 Å². The van der Waals surface area contributed by atoms with Crippen LogP contribution >= 0.6 is 0 Å². The lowest BCUT2D eigenvalue weighted by Gasteiger charge is -1.88. The summed E-state index contributed by atoms with van der Waals surface area (Å²) in [5.41, 5.74) is 2.47. The Morgan fingerprint density at radius 2 is 1.00 bits per heavy atom. The van der Waals surface area contributed by atoms with Gasteiger partial charge >= 0.3 is 0 Å². The molecule has 4 rings (SSSR count). The van der Waals surface area contributed by atoms with Gasteiger partial charge in [-0.05, 0) is 34.6 Å². The van der Waals surface area contributed by atoms with Crippen molar-refractivity contribution in [2.75, 3.05) is 0 Å². The highest BCUT2D eigenvalue weighted by Gasteiger charge is 2.24. The molecule has 27 heavy (non-hydrogen) atoms. The summed E-state index contributed by atoms with van der Waals surface area (Å²) in [6.07, 6.45) is 0.699. The molecule has 4 aromatic rings. The molecule has 0 spiro atoms. The molecule has 4 aromatic heterocycles. The van der Waals surface area contributed by atoms with Gasteiger partial charge in [0.15, 0.2) is 23.0 Å². The number of rotatable bonds is 4. The predicted octanol–water partition coefficient (Wildman–Crippen LogP) is 4.74. The lowest BCUT2D eigenvalue weighted by Crippen LogP contribution is -1.85. The Bertz CT molecular complexity index is 1110. The van der Waals surface area contributed by atoms with Crippen LogP contribution in [0.3, 0.4) is 0 Å². The third-order valence-corrected chi connectivity index (χ3v) is 4.37. The second-order valence-corrected chi connectivity index (χ2v) is 6.37. The van der Waals surface area contributed by atoms with Crippen molar-refractivity contribution in [3.05, 3.63) is 34.6 Å². The fourth-order valence-corrected chi connectivity index (χ4v) is 2.77.